The molecular formula is C21H24N4O. The van der Waals surface area contributed by atoms with E-state index in [9.17, 15) is 4.79 Å². The molecule has 1 unspecified atom stereocenters. The molecule has 2 aromatic rings. The highest BCUT2D eigenvalue weighted by atomic mass is 16.1. The Kier molecular flexibility index (Phi) is 5.85. The molecule has 1 atom stereocenters. The Morgan fingerprint density at radius 2 is 1.81 bits per heavy atom. The topological polar surface area (TPSA) is 66.9 Å². The van der Waals surface area contributed by atoms with Crippen molar-refractivity contribution in [1.29, 1.82) is 0 Å². The minimum Gasteiger partial charge on any atom is -0.354 e. The normalized spacial score (nSPS) is 14.5. The molecule has 26 heavy (non-hydrogen) atoms. The molecule has 0 bridgehead atoms. The third-order valence-electron chi connectivity index (χ3n) is 4.39. The zero-order valence-corrected chi connectivity index (χ0v) is 15.2. The van der Waals surface area contributed by atoms with Gasteiger partial charge in [-0.2, -0.15) is 0 Å². The van der Waals surface area contributed by atoms with Crippen molar-refractivity contribution in [2.75, 3.05) is 5.32 Å². The predicted octanol–water partition coefficient (Wildman–Crippen LogP) is 2.91. The largest absolute Gasteiger partial charge is 0.354 e. The summed E-state index contributed by atoms with van der Waals surface area (Å²) >= 11 is 0. The molecule has 5 nitrogen and oxygen atoms in total. The average Bonchev–Trinajstić information content (AvgIpc) is 2.58. The van der Waals surface area contributed by atoms with Crippen LogP contribution in [0.5, 0.6) is 0 Å². The molecule has 1 heterocycles. The van der Waals surface area contributed by atoms with Gasteiger partial charge >= 0.3 is 0 Å². The highest BCUT2D eigenvalue weighted by Gasteiger charge is 2.17. The minimum atomic E-state index is -0.00360. The number of anilines is 1. The zero-order chi connectivity index (χ0) is 18.4. The number of rotatable bonds is 5. The van der Waals surface area contributed by atoms with Crippen LogP contribution >= 0.6 is 0 Å². The molecule has 1 amide bonds. The SMILES string of the molecule is CC(=O)NC(C)Cc1ccc(C#Cc2cnc(NC3CCC3)nc2)cc1. The lowest BCUT2D eigenvalue weighted by atomic mass is 9.93. The second-order valence-corrected chi connectivity index (χ2v) is 6.82. The van der Waals surface area contributed by atoms with E-state index in [-0.39, 0.29) is 11.9 Å². The fraction of sp³-hybridized carbons (Fsp3) is 0.381. The van der Waals surface area contributed by atoms with Gasteiger partial charge in [0.15, 0.2) is 0 Å². The molecule has 0 aliphatic heterocycles. The fourth-order valence-corrected chi connectivity index (χ4v) is 2.82. The highest BCUT2D eigenvalue weighted by molar-refractivity contribution is 5.73. The van der Waals surface area contributed by atoms with E-state index in [1.54, 1.807) is 12.4 Å². The Labute approximate surface area is 154 Å². The molecule has 1 aliphatic carbocycles. The predicted molar refractivity (Wildman–Crippen MR) is 103 cm³/mol. The van der Waals surface area contributed by atoms with Gasteiger partial charge in [0, 0.05) is 37.0 Å². The van der Waals surface area contributed by atoms with E-state index in [2.05, 4.69) is 32.4 Å². The summed E-state index contributed by atoms with van der Waals surface area (Å²) < 4.78 is 0. The van der Waals surface area contributed by atoms with Crippen molar-refractivity contribution >= 4 is 11.9 Å². The maximum Gasteiger partial charge on any atom is 0.222 e. The summed E-state index contributed by atoms with van der Waals surface area (Å²) in [5, 5.41) is 6.21. The first kappa shape index (κ1) is 17.9. The van der Waals surface area contributed by atoms with Crippen LogP contribution in [0, 0.1) is 11.8 Å². The van der Waals surface area contributed by atoms with Crippen molar-refractivity contribution in [3.63, 3.8) is 0 Å². The molecule has 0 spiro atoms. The van der Waals surface area contributed by atoms with Gasteiger partial charge in [-0.3, -0.25) is 4.79 Å². The number of carbonyl (C=O) groups excluding carboxylic acids is 1. The molecular weight excluding hydrogens is 324 g/mol. The van der Waals surface area contributed by atoms with Crippen LogP contribution in [-0.4, -0.2) is 28.0 Å². The Hall–Kier alpha value is -2.87. The van der Waals surface area contributed by atoms with Crippen molar-refractivity contribution in [3.05, 3.63) is 53.3 Å². The highest BCUT2D eigenvalue weighted by Crippen LogP contribution is 2.21. The van der Waals surface area contributed by atoms with Crippen LogP contribution in [0.1, 0.15) is 49.8 Å². The van der Waals surface area contributed by atoms with Crippen LogP contribution in [0.15, 0.2) is 36.7 Å². The second kappa shape index (κ2) is 8.48. The molecule has 1 saturated carbocycles. The van der Waals surface area contributed by atoms with E-state index >= 15 is 0 Å². The van der Waals surface area contributed by atoms with Gasteiger partial charge in [-0.1, -0.05) is 24.0 Å². The third kappa shape index (κ3) is 5.32. The van der Waals surface area contributed by atoms with Crippen LogP contribution in [0.25, 0.3) is 0 Å². The number of aromatic nitrogens is 2. The number of nitrogens with zero attached hydrogens (tertiary/aromatic N) is 2. The Morgan fingerprint density at radius 1 is 1.15 bits per heavy atom. The van der Waals surface area contributed by atoms with Crippen molar-refractivity contribution in [3.8, 4) is 11.8 Å². The standard InChI is InChI=1S/C21H24N4O/c1-15(24-16(2)26)12-18-9-6-17(7-10-18)8-11-19-13-22-21(23-14-19)25-20-4-3-5-20/h6-7,9-10,13-15,20H,3-5,12H2,1-2H3,(H,24,26)(H,22,23,25). The van der Waals surface area contributed by atoms with Crippen LogP contribution in [0.2, 0.25) is 0 Å². The molecule has 2 N–H and O–H groups in total. The molecule has 1 aromatic heterocycles. The number of nitrogens with one attached hydrogen (secondary N) is 2. The minimum absolute atomic E-state index is 0.00360. The molecule has 0 saturated heterocycles. The Bertz CT molecular complexity index is 799. The average molecular weight is 348 g/mol. The van der Waals surface area contributed by atoms with Crippen molar-refractivity contribution < 1.29 is 4.79 Å². The summed E-state index contributed by atoms with van der Waals surface area (Å²) in [4.78, 5) is 19.7. The van der Waals surface area contributed by atoms with Gasteiger partial charge in [0.2, 0.25) is 11.9 Å². The van der Waals surface area contributed by atoms with Gasteiger partial charge in [-0.25, -0.2) is 9.97 Å². The molecule has 5 heteroatoms. The summed E-state index contributed by atoms with van der Waals surface area (Å²) in [5.41, 5.74) is 2.91. The first-order chi connectivity index (χ1) is 12.6. The van der Waals surface area contributed by atoms with Gasteiger partial charge in [0.05, 0.1) is 5.56 Å². The second-order valence-electron chi connectivity index (χ2n) is 6.82. The van der Waals surface area contributed by atoms with E-state index in [0.717, 1.165) is 17.5 Å². The van der Waals surface area contributed by atoms with Crippen molar-refractivity contribution in [1.82, 2.24) is 15.3 Å². The van der Waals surface area contributed by atoms with E-state index in [0.29, 0.717) is 12.0 Å². The number of carbonyl (C=O) groups is 1. The Balaban J connectivity index is 1.56. The van der Waals surface area contributed by atoms with E-state index < -0.39 is 0 Å². The van der Waals surface area contributed by atoms with E-state index in [1.165, 1.54) is 31.7 Å². The fourth-order valence-electron chi connectivity index (χ4n) is 2.82. The van der Waals surface area contributed by atoms with Crippen LogP contribution in [-0.2, 0) is 11.2 Å². The van der Waals surface area contributed by atoms with E-state index in [4.69, 9.17) is 0 Å². The van der Waals surface area contributed by atoms with Crippen molar-refractivity contribution in [2.24, 2.45) is 0 Å². The van der Waals surface area contributed by atoms with Crippen molar-refractivity contribution in [2.45, 2.75) is 51.6 Å². The number of benzene rings is 1. The van der Waals surface area contributed by atoms with Crippen LogP contribution in [0.4, 0.5) is 5.95 Å². The lowest BCUT2D eigenvalue weighted by Crippen LogP contribution is -2.31. The first-order valence-electron chi connectivity index (χ1n) is 9.05. The number of hydrogen-bond donors (Lipinski definition) is 2. The lowest BCUT2D eigenvalue weighted by molar-refractivity contribution is -0.119. The Morgan fingerprint density at radius 3 is 2.38 bits per heavy atom. The molecule has 3 rings (SSSR count). The lowest BCUT2D eigenvalue weighted by Gasteiger charge is -2.26. The van der Waals surface area contributed by atoms with Gasteiger partial charge in [-0.15, -0.1) is 0 Å². The van der Waals surface area contributed by atoms with Gasteiger partial charge in [0.25, 0.3) is 0 Å². The molecule has 134 valence electrons. The molecule has 1 fully saturated rings. The van der Waals surface area contributed by atoms with Gasteiger partial charge < -0.3 is 10.6 Å². The summed E-state index contributed by atoms with van der Waals surface area (Å²) in [6.07, 6.45) is 7.99. The maximum absolute atomic E-state index is 11.1. The summed E-state index contributed by atoms with van der Waals surface area (Å²) in [6, 6.07) is 8.73. The molecule has 0 radical (unpaired) electrons. The van der Waals surface area contributed by atoms with E-state index in [1.807, 2.05) is 31.2 Å². The number of hydrogen-bond acceptors (Lipinski definition) is 4. The molecule has 1 aliphatic rings. The summed E-state index contributed by atoms with van der Waals surface area (Å²) in [7, 11) is 0. The van der Waals surface area contributed by atoms with Crippen LogP contribution < -0.4 is 10.6 Å². The smallest absolute Gasteiger partial charge is 0.222 e. The third-order valence-corrected chi connectivity index (χ3v) is 4.39. The van der Waals surface area contributed by atoms with Gasteiger partial charge in [-0.05, 0) is 50.3 Å². The van der Waals surface area contributed by atoms with Gasteiger partial charge in [0.1, 0.15) is 0 Å². The number of amides is 1. The quantitative estimate of drug-likeness (QED) is 0.816. The first-order valence-corrected chi connectivity index (χ1v) is 9.05. The summed E-state index contributed by atoms with van der Waals surface area (Å²) in [6.45, 7) is 3.54. The van der Waals surface area contributed by atoms with Crippen LogP contribution in [0.3, 0.4) is 0 Å². The summed E-state index contributed by atoms with van der Waals surface area (Å²) in [5.74, 6) is 6.91. The zero-order valence-electron chi connectivity index (χ0n) is 15.2. The molecule has 1 aromatic carbocycles. The monoisotopic (exact) mass is 348 g/mol. The maximum atomic E-state index is 11.1.